The molecule has 0 saturated heterocycles. The largest absolute Gasteiger partial charge is 0.495 e. The third-order valence-corrected chi connectivity index (χ3v) is 4.95. The number of hydrogen-bond acceptors (Lipinski definition) is 3. The van der Waals surface area contributed by atoms with E-state index in [-0.39, 0.29) is 17.7 Å². The summed E-state index contributed by atoms with van der Waals surface area (Å²) in [5.41, 5.74) is 0.426. The zero-order valence-corrected chi connectivity index (χ0v) is 13.4. The quantitative estimate of drug-likeness (QED) is 0.811. The number of halogens is 1. The van der Waals surface area contributed by atoms with Gasteiger partial charge >= 0.3 is 5.97 Å². The highest BCUT2D eigenvalue weighted by atomic mass is 35.5. The number of hydrogen-bond donors (Lipinski definition) is 2. The monoisotopic (exact) mass is 335 g/mol. The van der Waals surface area contributed by atoms with Gasteiger partial charge in [-0.05, 0) is 42.4 Å². The van der Waals surface area contributed by atoms with Crippen molar-refractivity contribution in [3.63, 3.8) is 0 Å². The Morgan fingerprint density at radius 1 is 1.35 bits per heavy atom. The molecule has 6 heteroatoms. The van der Waals surface area contributed by atoms with Crippen LogP contribution in [-0.4, -0.2) is 24.1 Å². The molecule has 0 spiro atoms. The Morgan fingerprint density at radius 2 is 2.13 bits per heavy atom. The van der Waals surface area contributed by atoms with Crippen LogP contribution < -0.4 is 10.1 Å². The van der Waals surface area contributed by atoms with E-state index >= 15 is 0 Å². The number of nitrogens with one attached hydrogen (secondary N) is 1. The summed E-state index contributed by atoms with van der Waals surface area (Å²) in [6.45, 7) is 0. The molecule has 2 aliphatic carbocycles. The van der Waals surface area contributed by atoms with E-state index in [4.69, 9.17) is 16.3 Å². The predicted octanol–water partition coefficient (Wildman–Crippen LogP) is 2.80. The Morgan fingerprint density at radius 3 is 2.65 bits per heavy atom. The molecule has 1 amide bonds. The van der Waals surface area contributed by atoms with Crippen molar-refractivity contribution in [1.82, 2.24) is 5.32 Å². The molecule has 2 aliphatic rings. The molecule has 2 N–H and O–H groups in total. The minimum atomic E-state index is -1.12. The lowest BCUT2D eigenvalue weighted by Gasteiger charge is -2.21. The highest BCUT2D eigenvalue weighted by Crippen LogP contribution is 2.43. The first kappa shape index (κ1) is 15.9. The van der Waals surface area contributed by atoms with E-state index in [0.29, 0.717) is 22.3 Å². The van der Waals surface area contributed by atoms with Crippen LogP contribution in [0.5, 0.6) is 5.75 Å². The number of benzene rings is 1. The van der Waals surface area contributed by atoms with Crippen molar-refractivity contribution in [3.8, 4) is 5.75 Å². The Balaban J connectivity index is 1.77. The van der Waals surface area contributed by atoms with Crippen LogP contribution in [0.1, 0.15) is 24.4 Å². The first-order valence-corrected chi connectivity index (χ1v) is 7.92. The zero-order valence-electron chi connectivity index (χ0n) is 12.7. The number of rotatable bonds is 5. The summed E-state index contributed by atoms with van der Waals surface area (Å²) >= 11 is 6.05. The number of ether oxygens (including phenoxy) is 1. The third kappa shape index (κ3) is 3.06. The fourth-order valence-electron chi connectivity index (χ4n) is 3.48. The normalized spacial score (nSPS) is 26.1. The van der Waals surface area contributed by atoms with E-state index in [2.05, 4.69) is 17.5 Å². The molecular formula is C17H18ClNO4. The summed E-state index contributed by atoms with van der Waals surface area (Å²) in [6.07, 6.45) is 6.00. The van der Waals surface area contributed by atoms with E-state index in [9.17, 15) is 14.7 Å². The number of carboxylic acid groups (broad SMARTS) is 1. The summed E-state index contributed by atoms with van der Waals surface area (Å²) in [5, 5.41) is 12.4. The molecule has 0 aromatic heterocycles. The van der Waals surface area contributed by atoms with Gasteiger partial charge in [0.2, 0.25) is 5.91 Å². The maximum absolute atomic E-state index is 12.5. The fraction of sp³-hybridized carbons (Fsp3) is 0.412. The highest BCUT2D eigenvalue weighted by molar-refractivity contribution is 6.32. The number of aliphatic carboxylic acids is 1. The van der Waals surface area contributed by atoms with Crippen LogP contribution in [0.2, 0.25) is 5.02 Å². The molecule has 4 unspecified atom stereocenters. The maximum Gasteiger partial charge on any atom is 0.330 e. The molecule has 4 atom stereocenters. The summed E-state index contributed by atoms with van der Waals surface area (Å²) in [4.78, 5) is 24.0. The molecule has 1 saturated carbocycles. The molecule has 0 aliphatic heterocycles. The van der Waals surface area contributed by atoms with Crippen LogP contribution in [0.3, 0.4) is 0 Å². The Kier molecular flexibility index (Phi) is 4.31. The van der Waals surface area contributed by atoms with E-state index in [1.807, 2.05) is 0 Å². The van der Waals surface area contributed by atoms with E-state index in [1.54, 1.807) is 12.1 Å². The Bertz CT molecular complexity index is 673. The number of fused-ring (bicyclic) bond motifs is 2. The van der Waals surface area contributed by atoms with Crippen molar-refractivity contribution < 1.29 is 19.4 Å². The number of methoxy groups -OCH3 is 1. The predicted molar refractivity (Wildman–Crippen MR) is 85.4 cm³/mol. The van der Waals surface area contributed by atoms with Crippen LogP contribution in [0.25, 0.3) is 0 Å². The highest BCUT2D eigenvalue weighted by Gasteiger charge is 2.40. The van der Waals surface area contributed by atoms with Crippen molar-refractivity contribution in [2.45, 2.75) is 18.9 Å². The van der Waals surface area contributed by atoms with Gasteiger partial charge in [0.15, 0.2) is 6.04 Å². The molecule has 2 bridgehead atoms. The lowest BCUT2D eigenvalue weighted by atomic mass is 9.92. The number of carboxylic acids is 1. The van der Waals surface area contributed by atoms with Gasteiger partial charge in [0, 0.05) is 5.92 Å². The lowest BCUT2D eigenvalue weighted by molar-refractivity contribution is -0.142. The second kappa shape index (κ2) is 6.24. The van der Waals surface area contributed by atoms with Crippen molar-refractivity contribution >= 4 is 23.5 Å². The van der Waals surface area contributed by atoms with Gasteiger partial charge in [-0.25, -0.2) is 4.79 Å². The first-order valence-electron chi connectivity index (χ1n) is 7.54. The van der Waals surface area contributed by atoms with Crippen molar-refractivity contribution in [1.29, 1.82) is 0 Å². The molecule has 1 fully saturated rings. The third-order valence-electron chi connectivity index (χ3n) is 4.66. The molecule has 1 aromatic rings. The number of carbonyl (C=O) groups excluding carboxylic acids is 1. The summed E-state index contributed by atoms with van der Waals surface area (Å²) < 4.78 is 5.06. The number of allylic oxidation sites excluding steroid dienone is 2. The molecule has 23 heavy (non-hydrogen) atoms. The second-order valence-electron chi connectivity index (χ2n) is 6.06. The summed E-state index contributed by atoms with van der Waals surface area (Å²) in [7, 11) is 1.49. The molecule has 3 rings (SSSR count). The standard InChI is InChI=1S/C17H18ClNO4/c1-23-14-5-4-11(8-13(14)18)15(17(21)22)19-16(20)12-7-9-2-3-10(12)6-9/h2-5,8-10,12,15H,6-7H2,1H3,(H,19,20)(H,21,22). The van der Waals surface area contributed by atoms with Gasteiger partial charge in [0.05, 0.1) is 12.1 Å². The van der Waals surface area contributed by atoms with Gasteiger partial charge in [-0.2, -0.15) is 0 Å². The van der Waals surface area contributed by atoms with Gasteiger partial charge in [0.25, 0.3) is 0 Å². The minimum Gasteiger partial charge on any atom is -0.495 e. The molecule has 122 valence electrons. The maximum atomic E-state index is 12.5. The van der Waals surface area contributed by atoms with Crippen molar-refractivity contribution in [2.75, 3.05) is 7.11 Å². The summed E-state index contributed by atoms with van der Waals surface area (Å²) in [5.74, 6) is -0.312. The Labute approximate surface area is 139 Å². The zero-order chi connectivity index (χ0) is 16.6. The van der Waals surface area contributed by atoms with Gasteiger partial charge in [-0.1, -0.05) is 29.8 Å². The Hall–Kier alpha value is -2.01. The van der Waals surface area contributed by atoms with Gasteiger partial charge in [-0.3, -0.25) is 4.79 Å². The van der Waals surface area contributed by atoms with Crippen molar-refractivity contribution in [2.24, 2.45) is 17.8 Å². The summed E-state index contributed by atoms with van der Waals surface area (Å²) in [6, 6.07) is 3.60. The molecule has 0 heterocycles. The lowest BCUT2D eigenvalue weighted by Crippen LogP contribution is -2.39. The molecule has 1 aromatic carbocycles. The van der Waals surface area contributed by atoms with E-state index in [1.165, 1.54) is 13.2 Å². The number of carbonyl (C=O) groups is 2. The average molecular weight is 336 g/mol. The second-order valence-corrected chi connectivity index (χ2v) is 6.47. The van der Waals surface area contributed by atoms with E-state index < -0.39 is 12.0 Å². The average Bonchev–Trinajstić information content (AvgIpc) is 3.15. The van der Waals surface area contributed by atoms with Crippen LogP contribution in [0.15, 0.2) is 30.4 Å². The smallest absolute Gasteiger partial charge is 0.330 e. The van der Waals surface area contributed by atoms with Crippen LogP contribution in [0.4, 0.5) is 0 Å². The number of amides is 1. The molecule has 0 radical (unpaired) electrons. The molecular weight excluding hydrogens is 318 g/mol. The van der Waals surface area contributed by atoms with Gasteiger partial charge in [0.1, 0.15) is 5.75 Å². The molecule has 5 nitrogen and oxygen atoms in total. The van der Waals surface area contributed by atoms with Crippen LogP contribution in [-0.2, 0) is 9.59 Å². The minimum absolute atomic E-state index is 0.138. The topological polar surface area (TPSA) is 75.6 Å². The first-order chi connectivity index (χ1) is 11.0. The van der Waals surface area contributed by atoms with Crippen LogP contribution in [0, 0.1) is 17.8 Å². The fourth-order valence-corrected chi connectivity index (χ4v) is 3.75. The van der Waals surface area contributed by atoms with Crippen molar-refractivity contribution in [3.05, 3.63) is 40.9 Å². The van der Waals surface area contributed by atoms with Gasteiger partial charge < -0.3 is 15.2 Å². The SMILES string of the molecule is COc1ccc(C(NC(=O)C2CC3C=CC2C3)C(=O)O)cc1Cl. The van der Waals surface area contributed by atoms with E-state index in [0.717, 1.165) is 12.8 Å². The van der Waals surface area contributed by atoms with Gasteiger partial charge in [-0.15, -0.1) is 0 Å². The van der Waals surface area contributed by atoms with Crippen LogP contribution >= 0.6 is 11.6 Å².